The van der Waals surface area contributed by atoms with Crippen LogP contribution in [0.3, 0.4) is 0 Å². The SMILES string of the molecule is C=NC(=NC(=NCc1cccc(-c2cccc(-n3c4c(c5ccccc53)C=CC(c3ccccc3)C4)c2)c1)C1=CCC=CC2=C1c1ccccc1C2)C1=CC=CCC=C1. The van der Waals surface area contributed by atoms with Gasteiger partial charge in [0.15, 0.2) is 11.7 Å². The van der Waals surface area contributed by atoms with Gasteiger partial charge in [-0.3, -0.25) is 4.99 Å². The molecule has 0 aliphatic heterocycles. The minimum atomic E-state index is 0.327. The summed E-state index contributed by atoms with van der Waals surface area (Å²) in [7, 11) is 0. The summed E-state index contributed by atoms with van der Waals surface area (Å²) >= 11 is 0. The molecule has 59 heavy (non-hydrogen) atoms. The molecule has 5 aromatic carbocycles. The van der Waals surface area contributed by atoms with Crippen LogP contribution in [0.1, 0.15) is 52.3 Å². The molecule has 0 N–H and O–H groups in total. The van der Waals surface area contributed by atoms with Gasteiger partial charge in [0.2, 0.25) is 0 Å². The van der Waals surface area contributed by atoms with Crippen LogP contribution in [0, 0.1) is 0 Å². The average molecular weight is 761 g/mol. The maximum atomic E-state index is 5.34. The first-order valence-corrected chi connectivity index (χ1v) is 20.6. The molecule has 1 aromatic heterocycles. The molecule has 0 radical (unpaired) electrons. The summed E-state index contributed by atoms with van der Waals surface area (Å²) in [5.41, 5.74) is 16.9. The lowest BCUT2D eigenvalue weighted by molar-refractivity contribution is 0.783. The Morgan fingerprint density at radius 2 is 1.54 bits per heavy atom. The molecule has 4 nitrogen and oxygen atoms in total. The normalized spacial score (nSPS) is 17.3. The minimum absolute atomic E-state index is 0.327. The van der Waals surface area contributed by atoms with Gasteiger partial charge in [-0.1, -0.05) is 164 Å². The van der Waals surface area contributed by atoms with Crippen LogP contribution < -0.4 is 0 Å². The quantitative estimate of drug-likeness (QED) is 0.115. The molecule has 4 heteroatoms. The number of hydrogen-bond donors (Lipinski definition) is 0. The van der Waals surface area contributed by atoms with E-state index in [9.17, 15) is 0 Å². The lowest BCUT2D eigenvalue weighted by atomic mass is 9.88. The highest BCUT2D eigenvalue weighted by Crippen LogP contribution is 2.41. The van der Waals surface area contributed by atoms with Crippen molar-refractivity contribution >= 4 is 40.9 Å². The number of hydrogen-bond acceptors (Lipinski definition) is 1. The molecule has 0 amide bonds. The Bertz CT molecular complexity index is 2920. The van der Waals surface area contributed by atoms with E-state index in [4.69, 9.17) is 9.98 Å². The van der Waals surface area contributed by atoms with Crippen LogP contribution in [0.2, 0.25) is 0 Å². The summed E-state index contributed by atoms with van der Waals surface area (Å²) < 4.78 is 2.48. The number of aromatic nitrogens is 1. The smallest absolute Gasteiger partial charge is 0.160 e. The molecular weight excluding hydrogens is 717 g/mol. The van der Waals surface area contributed by atoms with E-state index >= 15 is 0 Å². The predicted octanol–water partition coefficient (Wildman–Crippen LogP) is 13.0. The Morgan fingerprint density at radius 3 is 2.46 bits per heavy atom. The van der Waals surface area contributed by atoms with Crippen molar-refractivity contribution in [3.63, 3.8) is 0 Å². The second-order valence-electron chi connectivity index (χ2n) is 15.5. The minimum Gasteiger partial charge on any atom is -0.313 e. The van der Waals surface area contributed by atoms with E-state index in [-0.39, 0.29) is 0 Å². The first kappa shape index (κ1) is 36.2. The molecule has 6 aromatic rings. The summed E-state index contributed by atoms with van der Waals surface area (Å²) in [5, 5.41) is 1.29. The summed E-state index contributed by atoms with van der Waals surface area (Å²) in [6, 6.07) is 46.1. The van der Waals surface area contributed by atoms with Gasteiger partial charge >= 0.3 is 0 Å². The number of nitrogens with zero attached hydrogens (tertiary/aromatic N) is 4. The van der Waals surface area contributed by atoms with Crippen molar-refractivity contribution in [3.05, 3.63) is 232 Å². The van der Waals surface area contributed by atoms with Crippen molar-refractivity contribution in [2.24, 2.45) is 15.0 Å². The van der Waals surface area contributed by atoms with E-state index in [1.54, 1.807) is 0 Å². The van der Waals surface area contributed by atoms with Crippen LogP contribution in [0.4, 0.5) is 0 Å². The second kappa shape index (κ2) is 16.0. The van der Waals surface area contributed by atoms with Gasteiger partial charge in [-0.2, -0.15) is 0 Å². The second-order valence-corrected chi connectivity index (χ2v) is 15.5. The average Bonchev–Trinajstić information content (AvgIpc) is 3.56. The molecule has 0 bridgehead atoms. The molecular formula is C55H44N4. The topological polar surface area (TPSA) is 42.0 Å². The van der Waals surface area contributed by atoms with Gasteiger partial charge in [-0.15, -0.1) is 0 Å². The molecule has 10 rings (SSSR count). The van der Waals surface area contributed by atoms with E-state index in [1.807, 2.05) is 0 Å². The molecule has 1 heterocycles. The van der Waals surface area contributed by atoms with E-state index in [1.165, 1.54) is 50.0 Å². The number of rotatable bonds is 7. The van der Waals surface area contributed by atoms with Crippen molar-refractivity contribution in [1.29, 1.82) is 0 Å². The molecule has 0 spiro atoms. The number of benzene rings is 5. The Balaban J connectivity index is 1.02. The zero-order valence-corrected chi connectivity index (χ0v) is 33.0. The third kappa shape index (κ3) is 7.08. The zero-order valence-electron chi connectivity index (χ0n) is 33.0. The van der Waals surface area contributed by atoms with Crippen LogP contribution in [-0.2, 0) is 19.4 Å². The van der Waals surface area contributed by atoms with Crippen LogP contribution >= 0.6 is 0 Å². The van der Waals surface area contributed by atoms with Crippen molar-refractivity contribution in [3.8, 4) is 16.8 Å². The predicted molar refractivity (Wildman–Crippen MR) is 249 cm³/mol. The van der Waals surface area contributed by atoms with Gasteiger partial charge in [0.05, 0.1) is 12.1 Å². The molecule has 0 saturated heterocycles. The molecule has 1 unspecified atom stereocenters. The number of fused-ring (bicyclic) bond motifs is 5. The standard InChI is InChI=1S/C55H44N4/c1-56-54(40-20-5-2-3-6-21-40)58-55(50-29-12-10-23-45-34-44-22-9-11-27-47(44)53(45)50)57-37-38-17-15-24-41(33-38)42-25-16-26-46(35-42)59-51-30-14-13-28-48(51)49-32-31-43(36-52(49)59)39-18-7-4-8-19-39/h2,4-11,13-33,35,43H,1,3,12,34,36-37H2. The van der Waals surface area contributed by atoms with Gasteiger partial charge in [0, 0.05) is 39.4 Å². The first-order chi connectivity index (χ1) is 29.2. The summed E-state index contributed by atoms with van der Waals surface area (Å²) in [5.74, 6) is 1.56. The van der Waals surface area contributed by atoms with Crippen LogP contribution in [0.5, 0.6) is 0 Å². The third-order valence-corrected chi connectivity index (χ3v) is 11.8. The molecule has 1 atom stereocenters. The Labute approximate surface area is 346 Å². The van der Waals surface area contributed by atoms with Crippen LogP contribution in [0.25, 0.3) is 39.4 Å². The fourth-order valence-electron chi connectivity index (χ4n) is 9.01. The van der Waals surface area contributed by atoms with Crippen molar-refractivity contribution in [2.75, 3.05) is 0 Å². The molecule has 284 valence electrons. The van der Waals surface area contributed by atoms with Crippen molar-refractivity contribution < 1.29 is 0 Å². The Morgan fingerprint density at radius 1 is 0.729 bits per heavy atom. The fourth-order valence-corrected chi connectivity index (χ4v) is 9.01. The lowest BCUT2D eigenvalue weighted by Crippen LogP contribution is -2.10. The number of para-hydroxylation sites is 1. The zero-order chi connectivity index (χ0) is 39.5. The lowest BCUT2D eigenvalue weighted by Gasteiger charge is -2.21. The number of allylic oxidation sites excluding steroid dienone is 9. The molecule has 4 aliphatic rings. The molecule has 0 saturated carbocycles. The molecule has 0 fully saturated rings. The summed E-state index contributed by atoms with van der Waals surface area (Å²) in [4.78, 5) is 15.0. The van der Waals surface area contributed by atoms with E-state index in [2.05, 4.69) is 204 Å². The van der Waals surface area contributed by atoms with Gasteiger partial charge in [0.25, 0.3) is 0 Å². The third-order valence-electron chi connectivity index (χ3n) is 11.8. The number of aliphatic imine (C=N–C) groups is 3. The van der Waals surface area contributed by atoms with Gasteiger partial charge in [-0.25, -0.2) is 9.98 Å². The summed E-state index contributed by atoms with van der Waals surface area (Å²) in [6.07, 6.45) is 25.4. The highest BCUT2D eigenvalue weighted by Gasteiger charge is 2.27. The maximum absolute atomic E-state index is 5.34. The van der Waals surface area contributed by atoms with E-state index in [0.29, 0.717) is 24.1 Å². The highest BCUT2D eigenvalue weighted by atomic mass is 15.0. The van der Waals surface area contributed by atoms with Crippen LogP contribution in [-0.4, -0.2) is 23.0 Å². The summed E-state index contributed by atoms with van der Waals surface area (Å²) in [6.45, 7) is 4.41. The van der Waals surface area contributed by atoms with E-state index < -0.39 is 0 Å². The van der Waals surface area contributed by atoms with Crippen LogP contribution in [0.15, 0.2) is 214 Å². The first-order valence-electron chi connectivity index (χ1n) is 20.6. The van der Waals surface area contributed by atoms with Gasteiger partial charge in [0.1, 0.15) is 0 Å². The number of amidine groups is 2. The van der Waals surface area contributed by atoms with E-state index in [0.717, 1.165) is 59.2 Å². The van der Waals surface area contributed by atoms with Gasteiger partial charge in [-0.05, 0) is 101 Å². The van der Waals surface area contributed by atoms with Crippen molar-refractivity contribution in [2.45, 2.75) is 38.1 Å². The largest absolute Gasteiger partial charge is 0.313 e. The maximum Gasteiger partial charge on any atom is 0.160 e. The highest BCUT2D eigenvalue weighted by molar-refractivity contribution is 6.20. The molecule has 4 aliphatic carbocycles. The monoisotopic (exact) mass is 760 g/mol. The fraction of sp³-hybridized carbons (Fsp3) is 0.109. The Kier molecular flexibility index (Phi) is 9.81. The Hall–Kier alpha value is -7.17. The van der Waals surface area contributed by atoms with Crippen molar-refractivity contribution in [1.82, 2.24) is 4.57 Å². The van der Waals surface area contributed by atoms with Gasteiger partial charge < -0.3 is 4.57 Å².